The molecule has 0 saturated carbocycles. The van der Waals surface area contributed by atoms with Gasteiger partial charge in [0.25, 0.3) is 5.91 Å². The van der Waals surface area contributed by atoms with Crippen LogP contribution >= 0.6 is 0 Å². The first-order valence-corrected chi connectivity index (χ1v) is 7.81. The number of hydrogen-bond donors (Lipinski definition) is 2. The van der Waals surface area contributed by atoms with Crippen LogP contribution in [0.2, 0.25) is 0 Å². The zero-order chi connectivity index (χ0) is 18.2. The van der Waals surface area contributed by atoms with E-state index >= 15 is 0 Å². The van der Waals surface area contributed by atoms with E-state index in [9.17, 15) is 14.4 Å². The monoisotopic (exact) mass is 340 g/mol. The van der Waals surface area contributed by atoms with Crippen LogP contribution in [0.1, 0.15) is 28.4 Å². The molecule has 130 valence electrons. The number of hydrogen-bond acceptors (Lipinski definition) is 4. The molecule has 0 atom stereocenters. The number of aryl methyl sites for hydroxylation is 1. The number of esters is 1. The van der Waals surface area contributed by atoms with E-state index in [1.807, 2.05) is 31.2 Å². The molecule has 0 spiro atoms. The minimum absolute atomic E-state index is 0.194. The lowest BCUT2D eigenvalue weighted by Gasteiger charge is -2.08. The van der Waals surface area contributed by atoms with E-state index in [0.29, 0.717) is 17.8 Å². The third-order valence-electron chi connectivity index (χ3n) is 3.35. The third-order valence-corrected chi connectivity index (χ3v) is 3.35. The number of carbonyl (C=O) groups is 3. The van der Waals surface area contributed by atoms with Crippen molar-refractivity contribution >= 4 is 23.5 Å². The van der Waals surface area contributed by atoms with E-state index in [0.717, 1.165) is 11.1 Å². The van der Waals surface area contributed by atoms with Crippen molar-refractivity contribution in [2.45, 2.75) is 20.4 Å². The Labute approximate surface area is 146 Å². The first-order valence-electron chi connectivity index (χ1n) is 7.81. The molecule has 2 rings (SSSR count). The number of anilines is 1. The van der Waals surface area contributed by atoms with Crippen LogP contribution in [0, 0.1) is 6.92 Å². The van der Waals surface area contributed by atoms with Crippen molar-refractivity contribution in [2.24, 2.45) is 0 Å². The minimum atomic E-state index is -0.597. The van der Waals surface area contributed by atoms with Gasteiger partial charge >= 0.3 is 5.97 Å². The molecule has 6 nitrogen and oxygen atoms in total. The minimum Gasteiger partial charge on any atom is -0.452 e. The molecule has 0 saturated heterocycles. The van der Waals surface area contributed by atoms with Gasteiger partial charge in [-0.1, -0.05) is 29.8 Å². The second-order valence-corrected chi connectivity index (χ2v) is 5.60. The first kappa shape index (κ1) is 18.2. The van der Waals surface area contributed by atoms with E-state index in [1.165, 1.54) is 19.1 Å². The second kappa shape index (κ2) is 8.63. The molecule has 0 unspecified atom stereocenters. The van der Waals surface area contributed by atoms with E-state index in [1.54, 1.807) is 12.1 Å². The van der Waals surface area contributed by atoms with Crippen LogP contribution in [0.3, 0.4) is 0 Å². The Kier molecular flexibility index (Phi) is 6.28. The normalized spacial score (nSPS) is 10.0. The standard InChI is InChI=1S/C19H20N2O4/c1-13-4-3-5-15(10-13)11-20-18(23)12-25-19(24)16-6-8-17(9-7-16)21-14(2)22/h3-10H,11-12H2,1-2H3,(H,20,23)(H,21,22). The summed E-state index contributed by atoms with van der Waals surface area (Å²) in [5, 5.41) is 5.30. The van der Waals surface area contributed by atoms with E-state index in [-0.39, 0.29) is 18.4 Å². The van der Waals surface area contributed by atoms with Gasteiger partial charge in [-0.15, -0.1) is 0 Å². The summed E-state index contributed by atoms with van der Waals surface area (Å²) in [6, 6.07) is 14.0. The fourth-order valence-electron chi connectivity index (χ4n) is 2.18. The molecule has 0 aliphatic carbocycles. The summed E-state index contributed by atoms with van der Waals surface area (Å²) in [6.45, 7) is 3.41. The first-order chi connectivity index (χ1) is 11.9. The van der Waals surface area contributed by atoms with Crippen molar-refractivity contribution in [3.8, 4) is 0 Å². The predicted octanol–water partition coefficient (Wildman–Crippen LogP) is 2.43. The Balaban J connectivity index is 1.78. The molecule has 0 aliphatic heterocycles. The summed E-state index contributed by atoms with van der Waals surface area (Å²) < 4.78 is 4.98. The number of carbonyl (C=O) groups excluding carboxylic acids is 3. The van der Waals surface area contributed by atoms with Crippen LogP contribution in [-0.4, -0.2) is 24.4 Å². The Morgan fingerprint density at radius 1 is 1.04 bits per heavy atom. The van der Waals surface area contributed by atoms with Gasteiger partial charge in [-0.3, -0.25) is 9.59 Å². The average molecular weight is 340 g/mol. The maximum absolute atomic E-state index is 11.9. The van der Waals surface area contributed by atoms with Crippen LogP contribution < -0.4 is 10.6 Å². The Hall–Kier alpha value is -3.15. The van der Waals surface area contributed by atoms with Gasteiger partial charge in [0.05, 0.1) is 5.56 Å². The summed E-state index contributed by atoms with van der Waals surface area (Å²) in [4.78, 5) is 34.6. The number of rotatable bonds is 6. The molecular formula is C19H20N2O4. The quantitative estimate of drug-likeness (QED) is 0.791. The number of nitrogens with one attached hydrogen (secondary N) is 2. The van der Waals surface area contributed by atoms with Crippen LogP contribution in [0.5, 0.6) is 0 Å². The SMILES string of the molecule is CC(=O)Nc1ccc(C(=O)OCC(=O)NCc2cccc(C)c2)cc1. The van der Waals surface area contributed by atoms with E-state index in [2.05, 4.69) is 10.6 Å². The molecule has 0 heterocycles. The van der Waals surface area contributed by atoms with Crippen molar-refractivity contribution in [3.63, 3.8) is 0 Å². The predicted molar refractivity (Wildman–Crippen MR) is 94.1 cm³/mol. The van der Waals surface area contributed by atoms with Gasteiger partial charge in [0.15, 0.2) is 6.61 Å². The smallest absolute Gasteiger partial charge is 0.338 e. The van der Waals surface area contributed by atoms with Crippen LogP contribution in [0.15, 0.2) is 48.5 Å². The highest BCUT2D eigenvalue weighted by Gasteiger charge is 2.10. The topological polar surface area (TPSA) is 84.5 Å². The molecule has 0 fully saturated rings. The fourth-order valence-corrected chi connectivity index (χ4v) is 2.18. The molecule has 2 aromatic carbocycles. The van der Waals surface area contributed by atoms with E-state index in [4.69, 9.17) is 4.74 Å². The van der Waals surface area contributed by atoms with Gasteiger partial charge in [-0.2, -0.15) is 0 Å². The molecule has 25 heavy (non-hydrogen) atoms. The summed E-state index contributed by atoms with van der Waals surface area (Å²) in [5.41, 5.74) is 2.98. The van der Waals surface area contributed by atoms with Crippen LogP contribution in [-0.2, 0) is 20.9 Å². The van der Waals surface area contributed by atoms with Crippen molar-refractivity contribution in [3.05, 3.63) is 65.2 Å². The van der Waals surface area contributed by atoms with Gasteiger partial charge in [0.1, 0.15) is 0 Å². The molecular weight excluding hydrogens is 320 g/mol. The average Bonchev–Trinajstić information content (AvgIpc) is 2.58. The summed E-state index contributed by atoms with van der Waals surface area (Å²) in [7, 11) is 0. The molecule has 0 aromatic heterocycles. The molecule has 0 bridgehead atoms. The van der Waals surface area contributed by atoms with Crippen molar-refractivity contribution in [2.75, 3.05) is 11.9 Å². The molecule has 6 heteroatoms. The van der Waals surface area contributed by atoms with Crippen molar-refractivity contribution < 1.29 is 19.1 Å². The van der Waals surface area contributed by atoms with Gasteiger partial charge in [0.2, 0.25) is 5.91 Å². The van der Waals surface area contributed by atoms with Crippen molar-refractivity contribution in [1.82, 2.24) is 5.32 Å². The summed E-state index contributed by atoms with van der Waals surface area (Å²) in [5.74, 6) is -1.16. The Morgan fingerprint density at radius 3 is 2.40 bits per heavy atom. The van der Waals surface area contributed by atoms with Gasteiger partial charge in [-0.05, 0) is 36.8 Å². The lowest BCUT2D eigenvalue weighted by molar-refractivity contribution is -0.124. The van der Waals surface area contributed by atoms with Crippen LogP contribution in [0.25, 0.3) is 0 Å². The number of amides is 2. The zero-order valence-electron chi connectivity index (χ0n) is 14.2. The molecule has 0 aliphatic rings. The van der Waals surface area contributed by atoms with Crippen LogP contribution in [0.4, 0.5) is 5.69 Å². The lowest BCUT2D eigenvalue weighted by atomic mass is 10.1. The largest absolute Gasteiger partial charge is 0.452 e. The zero-order valence-corrected chi connectivity index (χ0v) is 14.2. The maximum atomic E-state index is 11.9. The molecule has 2 N–H and O–H groups in total. The molecule has 2 aromatic rings. The molecule has 0 radical (unpaired) electrons. The van der Waals surface area contributed by atoms with E-state index < -0.39 is 5.97 Å². The summed E-state index contributed by atoms with van der Waals surface area (Å²) >= 11 is 0. The Morgan fingerprint density at radius 2 is 1.76 bits per heavy atom. The highest BCUT2D eigenvalue weighted by atomic mass is 16.5. The van der Waals surface area contributed by atoms with Gasteiger partial charge < -0.3 is 15.4 Å². The maximum Gasteiger partial charge on any atom is 0.338 e. The number of benzene rings is 2. The lowest BCUT2D eigenvalue weighted by Crippen LogP contribution is -2.28. The van der Waals surface area contributed by atoms with Gasteiger partial charge in [0, 0.05) is 19.2 Å². The highest BCUT2D eigenvalue weighted by molar-refractivity contribution is 5.93. The third kappa shape index (κ3) is 6.10. The molecule has 2 amide bonds. The summed E-state index contributed by atoms with van der Waals surface area (Å²) in [6.07, 6.45) is 0. The number of ether oxygens (including phenoxy) is 1. The fraction of sp³-hybridized carbons (Fsp3) is 0.211. The van der Waals surface area contributed by atoms with Crippen molar-refractivity contribution in [1.29, 1.82) is 0 Å². The van der Waals surface area contributed by atoms with Gasteiger partial charge in [-0.25, -0.2) is 4.79 Å². The highest BCUT2D eigenvalue weighted by Crippen LogP contribution is 2.10. The Bertz CT molecular complexity index is 769. The second-order valence-electron chi connectivity index (χ2n) is 5.60.